The lowest BCUT2D eigenvalue weighted by molar-refractivity contribution is 0.0699. The lowest BCUT2D eigenvalue weighted by Gasteiger charge is -2.13. The van der Waals surface area contributed by atoms with Crippen LogP contribution in [0.25, 0.3) is 11.1 Å². The predicted molar refractivity (Wildman–Crippen MR) is 94.3 cm³/mol. The molecule has 0 aliphatic carbocycles. The first-order valence-corrected chi connectivity index (χ1v) is 8.35. The summed E-state index contributed by atoms with van der Waals surface area (Å²) in [5, 5.41) is 11.5. The molecule has 122 valence electrons. The molecule has 2 aromatic carbocycles. The van der Waals surface area contributed by atoms with E-state index in [1.807, 2.05) is 6.07 Å². The minimum atomic E-state index is -1.17. The van der Waals surface area contributed by atoms with E-state index >= 15 is 0 Å². The Kier molecular flexibility index (Phi) is 3.47. The van der Waals surface area contributed by atoms with E-state index in [4.69, 9.17) is 0 Å². The Hall–Kier alpha value is -3.25. The summed E-state index contributed by atoms with van der Waals surface area (Å²) < 4.78 is 0. The topological polar surface area (TPSA) is 74.7 Å². The number of carbonyl (C=O) groups is 3. The zero-order valence-electron chi connectivity index (χ0n) is 12.8. The van der Waals surface area contributed by atoms with E-state index in [1.54, 1.807) is 53.9 Å². The molecule has 0 fully saturated rings. The zero-order valence-corrected chi connectivity index (χ0v) is 13.6. The summed E-state index contributed by atoms with van der Waals surface area (Å²) in [6.45, 7) is 0. The molecule has 5 nitrogen and oxygen atoms in total. The van der Waals surface area contributed by atoms with Crippen LogP contribution in [0.3, 0.4) is 0 Å². The monoisotopic (exact) mass is 349 g/mol. The molecule has 0 radical (unpaired) electrons. The van der Waals surface area contributed by atoms with Gasteiger partial charge in [0, 0.05) is 10.9 Å². The fourth-order valence-electron chi connectivity index (χ4n) is 2.92. The number of carboxylic acid groups (broad SMARTS) is 1. The minimum Gasteiger partial charge on any atom is -0.478 e. The molecule has 1 aromatic heterocycles. The molecule has 0 bridgehead atoms. The maximum Gasteiger partial charge on any atom is 0.339 e. The number of carbonyl (C=O) groups excluding carboxylic acids is 2. The second-order valence-electron chi connectivity index (χ2n) is 5.49. The van der Waals surface area contributed by atoms with Gasteiger partial charge in [-0.05, 0) is 17.7 Å². The maximum absolute atomic E-state index is 12.6. The van der Waals surface area contributed by atoms with Gasteiger partial charge in [-0.25, -0.2) is 9.69 Å². The average Bonchev–Trinajstić information content (AvgIpc) is 3.16. The first-order valence-electron chi connectivity index (χ1n) is 7.47. The van der Waals surface area contributed by atoms with Crippen molar-refractivity contribution in [3.8, 4) is 11.1 Å². The molecule has 25 heavy (non-hydrogen) atoms. The lowest BCUT2D eigenvalue weighted by atomic mass is 10.0. The molecule has 0 spiro atoms. The summed E-state index contributed by atoms with van der Waals surface area (Å²) in [5.74, 6) is -2.17. The van der Waals surface area contributed by atoms with E-state index < -0.39 is 17.8 Å². The number of thiophene rings is 1. The molecular weight excluding hydrogens is 338 g/mol. The van der Waals surface area contributed by atoms with E-state index in [0.29, 0.717) is 16.7 Å². The van der Waals surface area contributed by atoms with Crippen molar-refractivity contribution in [2.45, 2.75) is 0 Å². The highest BCUT2D eigenvalue weighted by Crippen LogP contribution is 2.41. The molecule has 2 heterocycles. The summed E-state index contributed by atoms with van der Waals surface area (Å²) >= 11 is 1.08. The molecule has 3 aromatic rings. The van der Waals surface area contributed by atoms with Crippen molar-refractivity contribution in [1.29, 1.82) is 0 Å². The Balaban J connectivity index is 1.88. The summed E-state index contributed by atoms with van der Waals surface area (Å²) in [6, 6.07) is 15.5. The number of fused-ring (bicyclic) bond motifs is 1. The fourth-order valence-corrected chi connectivity index (χ4v) is 3.99. The third-order valence-corrected chi connectivity index (χ3v) is 5.03. The summed E-state index contributed by atoms with van der Waals surface area (Å²) in [6.07, 6.45) is 0. The van der Waals surface area contributed by atoms with E-state index in [0.717, 1.165) is 21.8 Å². The number of aromatic carboxylic acids is 1. The number of amides is 2. The molecule has 0 saturated heterocycles. The van der Waals surface area contributed by atoms with Crippen LogP contribution in [0.2, 0.25) is 0 Å². The van der Waals surface area contributed by atoms with Crippen molar-refractivity contribution in [2.24, 2.45) is 0 Å². The van der Waals surface area contributed by atoms with Gasteiger partial charge in [0.2, 0.25) is 0 Å². The van der Waals surface area contributed by atoms with Crippen molar-refractivity contribution in [3.63, 3.8) is 0 Å². The number of rotatable bonds is 3. The lowest BCUT2D eigenvalue weighted by Crippen LogP contribution is -2.30. The van der Waals surface area contributed by atoms with Crippen molar-refractivity contribution in [2.75, 3.05) is 4.90 Å². The van der Waals surface area contributed by atoms with Gasteiger partial charge < -0.3 is 5.11 Å². The molecule has 2 amide bonds. The van der Waals surface area contributed by atoms with Gasteiger partial charge in [-0.1, -0.05) is 42.5 Å². The van der Waals surface area contributed by atoms with E-state index in [9.17, 15) is 19.5 Å². The normalized spacial score (nSPS) is 13.2. The number of nitrogens with zero attached hydrogens (tertiary/aromatic N) is 1. The van der Waals surface area contributed by atoms with Crippen LogP contribution in [0.5, 0.6) is 0 Å². The summed E-state index contributed by atoms with van der Waals surface area (Å²) in [5.41, 5.74) is 1.76. The third kappa shape index (κ3) is 2.27. The van der Waals surface area contributed by atoms with Crippen LogP contribution in [0.1, 0.15) is 31.1 Å². The van der Waals surface area contributed by atoms with E-state index in [-0.39, 0.29) is 10.6 Å². The van der Waals surface area contributed by atoms with Crippen molar-refractivity contribution < 1.29 is 19.5 Å². The Labute approximate surface area is 146 Å². The van der Waals surface area contributed by atoms with Gasteiger partial charge >= 0.3 is 5.97 Å². The van der Waals surface area contributed by atoms with Crippen molar-refractivity contribution in [3.05, 3.63) is 76.7 Å². The third-order valence-electron chi connectivity index (χ3n) is 4.07. The van der Waals surface area contributed by atoms with Crippen molar-refractivity contribution >= 4 is 34.1 Å². The largest absolute Gasteiger partial charge is 0.478 e. The highest BCUT2D eigenvalue weighted by Gasteiger charge is 2.39. The molecule has 4 rings (SSSR count). The van der Waals surface area contributed by atoms with Crippen LogP contribution < -0.4 is 4.90 Å². The van der Waals surface area contributed by atoms with Gasteiger partial charge in [0.15, 0.2) is 0 Å². The van der Waals surface area contributed by atoms with Crippen LogP contribution in [-0.4, -0.2) is 22.9 Å². The van der Waals surface area contributed by atoms with Crippen molar-refractivity contribution in [1.82, 2.24) is 0 Å². The predicted octanol–water partition coefficient (Wildman–Crippen LogP) is 3.91. The quantitative estimate of drug-likeness (QED) is 0.728. The average molecular weight is 349 g/mol. The van der Waals surface area contributed by atoms with Crippen LogP contribution in [0.15, 0.2) is 60.0 Å². The molecule has 0 saturated carbocycles. The first-order chi connectivity index (χ1) is 12.1. The molecule has 6 heteroatoms. The highest BCUT2D eigenvalue weighted by molar-refractivity contribution is 7.15. The van der Waals surface area contributed by atoms with E-state index in [2.05, 4.69) is 0 Å². The number of benzene rings is 2. The van der Waals surface area contributed by atoms with Gasteiger partial charge in [-0.15, -0.1) is 11.3 Å². The van der Waals surface area contributed by atoms with Crippen LogP contribution in [0.4, 0.5) is 5.00 Å². The Bertz CT molecular complexity index is 988. The molecule has 0 atom stereocenters. The Morgan fingerprint density at radius 1 is 0.840 bits per heavy atom. The van der Waals surface area contributed by atoms with Gasteiger partial charge in [-0.2, -0.15) is 0 Å². The molecule has 1 aliphatic rings. The van der Waals surface area contributed by atoms with Crippen LogP contribution >= 0.6 is 11.3 Å². The van der Waals surface area contributed by atoms with Gasteiger partial charge in [0.1, 0.15) is 10.6 Å². The SMILES string of the molecule is O=C(O)c1c(-c2ccccc2)csc1N1C(=O)c2ccccc2C1=O. The van der Waals surface area contributed by atoms with Crippen LogP contribution in [-0.2, 0) is 0 Å². The summed E-state index contributed by atoms with van der Waals surface area (Å²) in [7, 11) is 0. The minimum absolute atomic E-state index is 0.0364. The number of hydrogen-bond acceptors (Lipinski definition) is 4. The standard InChI is InChI=1S/C19H11NO4S/c21-16-12-8-4-5-9-13(12)17(22)20(16)18-15(19(23)24)14(10-25-18)11-6-2-1-3-7-11/h1-10H,(H,23,24). The maximum atomic E-state index is 12.6. The molecule has 1 aliphatic heterocycles. The molecule has 1 N–H and O–H groups in total. The number of anilines is 1. The van der Waals surface area contributed by atoms with Crippen LogP contribution in [0, 0.1) is 0 Å². The Morgan fingerprint density at radius 3 is 1.96 bits per heavy atom. The number of hydrogen-bond donors (Lipinski definition) is 1. The number of imide groups is 1. The first kappa shape index (κ1) is 15.3. The second-order valence-corrected chi connectivity index (χ2v) is 6.35. The zero-order chi connectivity index (χ0) is 17.6. The number of carboxylic acids is 1. The molecule has 0 unspecified atom stereocenters. The second kappa shape index (κ2) is 5.68. The highest BCUT2D eigenvalue weighted by atomic mass is 32.1. The summed E-state index contributed by atoms with van der Waals surface area (Å²) in [4.78, 5) is 38.1. The smallest absolute Gasteiger partial charge is 0.339 e. The molecular formula is C19H11NO4S. The van der Waals surface area contributed by atoms with E-state index in [1.165, 1.54) is 0 Å². The van der Waals surface area contributed by atoms with Gasteiger partial charge in [0.05, 0.1) is 11.1 Å². The fraction of sp³-hybridized carbons (Fsp3) is 0. The Morgan fingerprint density at radius 2 is 1.40 bits per heavy atom. The van der Waals surface area contributed by atoms with Gasteiger partial charge in [-0.3, -0.25) is 9.59 Å². The van der Waals surface area contributed by atoms with Gasteiger partial charge in [0.25, 0.3) is 11.8 Å².